The molecular formula is C18H27N4S+. The van der Waals surface area contributed by atoms with Gasteiger partial charge in [0.05, 0.1) is 18.8 Å². The molecule has 0 unspecified atom stereocenters. The van der Waals surface area contributed by atoms with Crippen LogP contribution in [0.4, 0.5) is 0 Å². The van der Waals surface area contributed by atoms with Gasteiger partial charge in [0.25, 0.3) is 0 Å². The van der Waals surface area contributed by atoms with Gasteiger partial charge in [0.15, 0.2) is 6.67 Å². The molecule has 1 N–H and O–H groups in total. The summed E-state index contributed by atoms with van der Waals surface area (Å²) < 4.78 is 4.94. The van der Waals surface area contributed by atoms with E-state index < -0.39 is 0 Å². The zero-order valence-electron chi connectivity index (χ0n) is 14.2. The first-order valence-electron chi connectivity index (χ1n) is 8.73. The molecule has 124 valence electrons. The van der Waals surface area contributed by atoms with Crippen molar-refractivity contribution in [3.8, 4) is 5.69 Å². The highest BCUT2D eigenvalue weighted by Crippen LogP contribution is 2.16. The Labute approximate surface area is 143 Å². The van der Waals surface area contributed by atoms with E-state index in [0.717, 1.165) is 23.0 Å². The van der Waals surface area contributed by atoms with E-state index in [1.807, 2.05) is 11.6 Å². The molecule has 1 aromatic carbocycles. The molecule has 4 nitrogen and oxygen atoms in total. The fraction of sp³-hybridized carbons (Fsp3) is 0.556. The first-order chi connectivity index (χ1) is 11.2. The number of hydrogen-bond acceptors (Lipinski definition) is 2. The second-order valence-electron chi connectivity index (χ2n) is 6.63. The normalized spacial score (nSPS) is 17.0. The van der Waals surface area contributed by atoms with Crippen LogP contribution < -0.4 is 4.90 Å². The van der Waals surface area contributed by atoms with Crippen molar-refractivity contribution < 1.29 is 4.90 Å². The van der Waals surface area contributed by atoms with E-state index in [4.69, 9.17) is 17.3 Å². The van der Waals surface area contributed by atoms with Crippen molar-refractivity contribution in [1.29, 1.82) is 0 Å². The lowest BCUT2D eigenvalue weighted by Gasteiger charge is -2.21. The standard InChI is InChI=1S/C18H26N4S/c1-15-10-6-7-11-17(15)22-16(2)19-21(18(22)23)14-20-12-8-4-3-5-9-13-20/h6-7,10-11H,3-5,8-9,12-14H2,1-2H3/p+1. The molecule has 1 aliphatic heterocycles. The van der Waals surface area contributed by atoms with Gasteiger partial charge in [0, 0.05) is 0 Å². The molecule has 0 amide bonds. The average Bonchev–Trinajstić information content (AvgIpc) is 2.77. The summed E-state index contributed by atoms with van der Waals surface area (Å²) in [6.45, 7) is 7.52. The molecule has 2 aromatic rings. The fourth-order valence-electron chi connectivity index (χ4n) is 3.49. The van der Waals surface area contributed by atoms with Crippen molar-refractivity contribution in [2.75, 3.05) is 13.1 Å². The average molecular weight is 332 g/mol. The van der Waals surface area contributed by atoms with E-state index in [2.05, 4.69) is 35.8 Å². The van der Waals surface area contributed by atoms with Crippen LogP contribution in [-0.4, -0.2) is 27.4 Å². The van der Waals surface area contributed by atoms with Gasteiger partial charge in [-0.05, 0) is 63.4 Å². The molecule has 3 rings (SSSR count). The van der Waals surface area contributed by atoms with Gasteiger partial charge in [-0.2, -0.15) is 9.78 Å². The molecule has 1 fully saturated rings. The van der Waals surface area contributed by atoms with Gasteiger partial charge in [0.1, 0.15) is 5.82 Å². The SMILES string of the molecule is Cc1ccccc1-n1c(C)nn(C[NH+]2CCCCCCC2)c1=S. The van der Waals surface area contributed by atoms with Gasteiger partial charge in [0.2, 0.25) is 4.77 Å². The fourth-order valence-corrected chi connectivity index (χ4v) is 3.82. The second-order valence-corrected chi connectivity index (χ2v) is 6.99. The van der Waals surface area contributed by atoms with Crippen LogP contribution in [0.25, 0.3) is 5.69 Å². The Bertz CT molecular complexity index is 708. The maximum Gasteiger partial charge on any atom is 0.207 e. The summed E-state index contributed by atoms with van der Waals surface area (Å²) >= 11 is 5.73. The number of benzene rings is 1. The molecule has 0 aliphatic carbocycles. The number of quaternary nitrogens is 1. The second kappa shape index (κ2) is 7.41. The maximum absolute atomic E-state index is 5.73. The van der Waals surface area contributed by atoms with Crippen LogP contribution in [0.1, 0.15) is 43.5 Å². The lowest BCUT2D eigenvalue weighted by molar-refractivity contribution is -0.924. The zero-order chi connectivity index (χ0) is 16.2. The zero-order valence-corrected chi connectivity index (χ0v) is 15.0. The molecule has 0 radical (unpaired) electrons. The summed E-state index contributed by atoms with van der Waals surface area (Å²) in [5, 5.41) is 4.73. The lowest BCUT2D eigenvalue weighted by Crippen LogP contribution is -3.11. The van der Waals surface area contributed by atoms with Crippen molar-refractivity contribution in [1.82, 2.24) is 14.3 Å². The Hall–Kier alpha value is -1.46. The quantitative estimate of drug-likeness (QED) is 0.876. The van der Waals surface area contributed by atoms with Crippen molar-refractivity contribution >= 4 is 12.2 Å². The Morgan fingerprint density at radius 3 is 2.39 bits per heavy atom. The van der Waals surface area contributed by atoms with Crippen LogP contribution >= 0.6 is 12.2 Å². The summed E-state index contributed by atoms with van der Waals surface area (Å²) in [6, 6.07) is 8.36. The third-order valence-electron chi connectivity index (χ3n) is 4.79. The van der Waals surface area contributed by atoms with E-state index in [1.165, 1.54) is 50.8 Å². The van der Waals surface area contributed by atoms with Gasteiger partial charge in [-0.25, -0.2) is 0 Å². The van der Waals surface area contributed by atoms with Crippen LogP contribution in [0.2, 0.25) is 0 Å². The molecule has 5 heteroatoms. The number of likely N-dealkylation sites (tertiary alicyclic amines) is 1. The van der Waals surface area contributed by atoms with Crippen LogP contribution in [0.5, 0.6) is 0 Å². The van der Waals surface area contributed by atoms with Gasteiger partial charge >= 0.3 is 0 Å². The number of nitrogens with one attached hydrogen (secondary N) is 1. The Balaban J connectivity index is 1.86. The van der Waals surface area contributed by atoms with Gasteiger partial charge in [-0.15, -0.1) is 0 Å². The van der Waals surface area contributed by atoms with Crippen molar-refractivity contribution in [2.24, 2.45) is 0 Å². The van der Waals surface area contributed by atoms with Crippen molar-refractivity contribution in [3.05, 3.63) is 40.4 Å². The molecule has 0 bridgehead atoms. The molecule has 0 spiro atoms. The summed E-state index contributed by atoms with van der Waals surface area (Å²) in [7, 11) is 0. The minimum atomic E-state index is 0.811. The minimum absolute atomic E-state index is 0.811. The summed E-state index contributed by atoms with van der Waals surface area (Å²) in [6.07, 6.45) is 6.77. The summed E-state index contributed by atoms with van der Waals surface area (Å²) in [5.41, 5.74) is 2.37. The minimum Gasteiger partial charge on any atom is -0.316 e. The maximum atomic E-state index is 5.73. The number of nitrogens with zero attached hydrogens (tertiary/aromatic N) is 3. The van der Waals surface area contributed by atoms with Crippen molar-refractivity contribution in [3.63, 3.8) is 0 Å². The van der Waals surface area contributed by atoms with E-state index in [-0.39, 0.29) is 0 Å². The molecule has 0 atom stereocenters. The monoisotopic (exact) mass is 331 g/mol. The van der Waals surface area contributed by atoms with Gasteiger partial charge in [-0.1, -0.05) is 24.6 Å². The van der Waals surface area contributed by atoms with E-state index in [0.29, 0.717) is 0 Å². The molecule has 1 aromatic heterocycles. The van der Waals surface area contributed by atoms with Crippen molar-refractivity contribution in [2.45, 2.75) is 52.6 Å². The summed E-state index contributed by atoms with van der Waals surface area (Å²) in [5.74, 6) is 0.968. The number of para-hydroxylation sites is 1. The topological polar surface area (TPSA) is 27.2 Å². The lowest BCUT2D eigenvalue weighted by atomic mass is 10.1. The molecule has 0 saturated carbocycles. The van der Waals surface area contributed by atoms with Crippen LogP contribution in [0.3, 0.4) is 0 Å². The molecule has 23 heavy (non-hydrogen) atoms. The number of rotatable bonds is 3. The highest BCUT2D eigenvalue weighted by atomic mass is 32.1. The number of hydrogen-bond donors (Lipinski definition) is 1. The first kappa shape index (κ1) is 16.4. The smallest absolute Gasteiger partial charge is 0.207 e. The first-order valence-corrected chi connectivity index (χ1v) is 9.13. The van der Waals surface area contributed by atoms with Crippen LogP contribution in [0, 0.1) is 18.6 Å². The Morgan fingerprint density at radius 2 is 1.70 bits per heavy atom. The van der Waals surface area contributed by atoms with Gasteiger partial charge in [-0.3, -0.25) is 4.57 Å². The van der Waals surface area contributed by atoms with Gasteiger partial charge < -0.3 is 4.90 Å². The predicted octanol–water partition coefficient (Wildman–Crippen LogP) is 2.83. The largest absolute Gasteiger partial charge is 0.316 e. The van der Waals surface area contributed by atoms with E-state index in [9.17, 15) is 0 Å². The predicted molar refractivity (Wildman–Crippen MR) is 95.6 cm³/mol. The third kappa shape index (κ3) is 3.72. The van der Waals surface area contributed by atoms with Crippen LogP contribution in [0.15, 0.2) is 24.3 Å². The molecule has 1 aliphatic rings. The van der Waals surface area contributed by atoms with E-state index in [1.54, 1.807) is 4.90 Å². The highest BCUT2D eigenvalue weighted by molar-refractivity contribution is 7.71. The highest BCUT2D eigenvalue weighted by Gasteiger charge is 2.16. The molecular weight excluding hydrogens is 304 g/mol. The molecule has 1 saturated heterocycles. The molecule has 2 heterocycles. The number of aromatic nitrogens is 3. The number of aryl methyl sites for hydroxylation is 2. The van der Waals surface area contributed by atoms with E-state index >= 15 is 0 Å². The van der Waals surface area contributed by atoms with Crippen LogP contribution in [-0.2, 0) is 6.67 Å². The third-order valence-corrected chi connectivity index (χ3v) is 5.18. The Kier molecular flexibility index (Phi) is 5.28. The summed E-state index contributed by atoms with van der Waals surface area (Å²) in [4.78, 5) is 1.61. The Morgan fingerprint density at radius 1 is 1.04 bits per heavy atom.